The molecule has 0 amide bonds. The number of carbonyl (C=O) groups is 2. The standard InChI is InChI=1S/C11H14O3/c1-8-7-14-10(13)11(8)6-4-2-3-5-9(11)12/h1-7H2. The van der Waals surface area contributed by atoms with Crippen LogP contribution in [0.25, 0.3) is 0 Å². The second-order valence-corrected chi connectivity index (χ2v) is 4.07. The van der Waals surface area contributed by atoms with E-state index in [4.69, 9.17) is 4.74 Å². The molecule has 0 bridgehead atoms. The molecule has 1 spiro atoms. The van der Waals surface area contributed by atoms with Gasteiger partial charge in [-0.2, -0.15) is 0 Å². The van der Waals surface area contributed by atoms with Gasteiger partial charge in [0.25, 0.3) is 0 Å². The number of Topliss-reactive ketones (excluding diaryl/α,β-unsaturated/α-hetero) is 1. The van der Waals surface area contributed by atoms with Gasteiger partial charge in [-0.3, -0.25) is 9.59 Å². The fourth-order valence-corrected chi connectivity index (χ4v) is 2.34. The number of hydrogen-bond acceptors (Lipinski definition) is 3. The molecule has 1 aliphatic carbocycles. The summed E-state index contributed by atoms with van der Waals surface area (Å²) in [7, 11) is 0. The maximum Gasteiger partial charge on any atom is 0.324 e. The molecule has 1 heterocycles. The highest BCUT2D eigenvalue weighted by Crippen LogP contribution is 2.43. The number of hydrogen-bond donors (Lipinski definition) is 0. The van der Waals surface area contributed by atoms with Gasteiger partial charge in [-0.25, -0.2) is 0 Å². The molecule has 0 radical (unpaired) electrons. The zero-order chi connectivity index (χ0) is 10.2. The second-order valence-electron chi connectivity index (χ2n) is 4.07. The summed E-state index contributed by atoms with van der Waals surface area (Å²) >= 11 is 0. The lowest BCUT2D eigenvalue weighted by Gasteiger charge is -2.21. The largest absolute Gasteiger partial charge is 0.460 e. The Balaban J connectivity index is 2.38. The van der Waals surface area contributed by atoms with Crippen molar-refractivity contribution >= 4 is 11.8 Å². The Labute approximate surface area is 83.1 Å². The van der Waals surface area contributed by atoms with E-state index in [0.717, 1.165) is 19.3 Å². The Hall–Kier alpha value is -1.12. The maximum absolute atomic E-state index is 11.9. The van der Waals surface area contributed by atoms with E-state index in [0.29, 0.717) is 18.4 Å². The number of cyclic esters (lactones) is 1. The monoisotopic (exact) mass is 194 g/mol. The predicted molar refractivity (Wildman–Crippen MR) is 50.6 cm³/mol. The average molecular weight is 194 g/mol. The third-order valence-electron chi connectivity index (χ3n) is 3.26. The van der Waals surface area contributed by atoms with Crippen molar-refractivity contribution in [1.29, 1.82) is 0 Å². The Bertz CT molecular complexity index is 288. The molecule has 2 fully saturated rings. The van der Waals surface area contributed by atoms with Crippen molar-refractivity contribution < 1.29 is 14.3 Å². The number of esters is 1. The van der Waals surface area contributed by atoms with Crippen LogP contribution in [-0.4, -0.2) is 18.4 Å². The summed E-state index contributed by atoms with van der Waals surface area (Å²) in [6, 6.07) is 0. The van der Waals surface area contributed by atoms with E-state index in [1.807, 2.05) is 0 Å². The van der Waals surface area contributed by atoms with Crippen LogP contribution in [0.2, 0.25) is 0 Å². The van der Waals surface area contributed by atoms with Crippen molar-refractivity contribution in [3.63, 3.8) is 0 Å². The second kappa shape index (κ2) is 3.23. The van der Waals surface area contributed by atoms with Gasteiger partial charge in [0.1, 0.15) is 12.0 Å². The van der Waals surface area contributed by atoms with Crippen molar-refractivity contribution in [2.24, 2.45) is 5.41 Å². The summed E-state index contributed by atoms with van der Waals surface area (Å²) in [5.41, 5.74) is -0.300. The van der Waals surface area contributed by atoms with E-state index in [1.54, 1.807) is 0 Å². The predicted octanol–water partition coefficient (Wildman–Crippen LogP) is 1.62. The number of ether oxygens (including phenoxy) is 1. The molecular formula is C11H14O3. The van der Waals surface area contributed by atoms with Crippen LogP contribution >= 0.6 is 0 Å². The lowest BCUT2D eigenvalue weighted by atomic mass is 9.75. The fraction of sp³-hybridized carbons (Fsp3) is 0.636. The summed E-state index contributed by atoms with van der Waals surface area (Å²) in [4.78, 5) is 23.5. The van der Waals surface area contributed by atoms with Crippen LogP contribution in [0.15, 0.2) is 12.2 Å². The molecule has 2 aliphatic rings. The van der Waals surface area contributed by atoms with Crippen LogP contribution in [0.5, 0.6) is 0 Å². The maximum atomic E-state index is 11.9. The summed E-state index contributed by atoms with van der Waals surface area (Å²) < 4.78 is 4.93. The van der Waals surface area contributed by atoms with Gasteiger partial charge < -0.3 is 4.74 Å². The van der Waals surface area contributed by atoms with Gasteiger partial charge >= 0.3 is 5.97 Å². The molecule has 0 aromatic carbocycles. The fourth-order valence-electron chi connectivity index (χ4n) is 2.34. The van der Waals surface area contributed by atoms with Gasteiger partial charge in [-0.05, 0) is 18.4 Å². The van der Waals surface area contributed by atoms with Crippen LogP contribution in [0, 0.1) is 5.41 Å². The molecule has 0 aromatic heterocycles. The molecule has 76 valence electrons. The highest BCUT2D eigenvalue weighted by atomic mass is 16.5. The SMILES string of the molecule is C=C1COC(=O)C12CCCCCC2=O. The molecule has 14 heavy (non-hydrogen) atoms. The molecule has 1 aliphatic heterocycles. The first-order valence-corrected chi connectivity index (χ1v) is 5.07. The van der Waals surface area contributed by atoms with Crippen LogP contribution in [0.1, 0.15) is 32.1 Å². The quantitative estimate of drug-likeness (QED) is 0.334. The van der Waals surface area contributed by atoms with Gasteiger partial charge in [0.2, 0.25) is 0 Å². The van der Waals surface area contributed by atoms with Crippen molar-refractivity contribution in [2.45, 2.75) is 32.1 Å². The molecule has 2 rings (SSSR count). The van der Waals surface area contributed by atoms with Gasteiger partial charge in [-0.15, -0.1) is 0 Å². The van der Waals surface area contributed by atoms with E-state index in [9.17, 15) is 9.59 Å². The zero-order valence-electron chi connectivity index (χ0n) is 8.17. The molecule has 0 N–H and O–H groups in total. The summed E-state index contributed by atoms with van der Waals surface area (Å²) in [6.45, 7) is 4.03. The number of ketones is 1. The van der Waals surface area contributed by atoms with Crippen LogP contribution in [0.3, 0.4) is 0 Å². The zero-order valence-corrected chi connectivity index (χ0v) is 8.17. The Morgan fingerprint density at radius 1 is 1.21 bits per heavy atom. The first-order chi connectivity index (χ1) is 6.68. The van der Waals surface area contributed by atoms with Crippen molar-refractivity contribution in [2.75, 3.05) is 6.61 Å². The molecule has 1 unspecified atom stereocenters. The van der Waals surface area contributed by atoms with Crippen molar-refractivity contribution in [1.82, 2.24) is 0 Å². The molecule has 1 atom stereocenters. The normalized spacial score (nSPS) is 33.3. The third kappa shape index (κ3) is 1.11. The Morgan fingerprint density at radius 2 is 2.00 bits per heavy atom. The van der Waals surface area contributed by atoms with Crippen molar-refractivity contribution in [3.8, 4) is 0 Å². The minimum Gasteiger partial charge on any atom is -0.460 e. The third-order valence-corrected chi connectivity index (χ3v) is 3.26. The van der Waals surface area contributed by atoms with Crippen LogP contribution in [0.4, 0.5) is 0 Å². The van der Waals surface area contributed by atoms with E-state index in [2.05, 4.69) is 6.58 Å². The number of rotatable bonds is 0. The molecule has 3 nitrogen and oxygen atoms in total. The summed E-state index contributed by atoms with van der Waals surface area (Å²) in [5, 5.41) is 0. The molecular weight excluding hydrogens is 180 g/mol. The molecule has 3 heteroatoms. The Morgan fingerprint density at radius 3 is 2.64 bits per heavy atom. The summed E-state index contributed by atoms with van der Waals surface area (Å²) in [6.07, 6.45) is 3.92. The van der Waals surface area contributed by atoms with Gasteiger partial charge in [0.05, 0.1) is 0 Å². The minimum absolute atomic E-state index is 0.0162. The average Bonchev–Trinajstić information content (AvgIpc) is 2.38. The molecule has 0 aromatic rings. The van der Waals surface area contributed by atoms with E-state index in [1.165, 1.54) is 0 Å². The summed E-state index contributed by atoms with van der Waals surface area (Å²) in [5.74, 6) is -0.350. The van der Waals surface area contributed by atoms with Gasteiger partial charge in [0.15, 0.2) is 5.78 Å². The number of carbonyl (C=O) groups excluding carboxylic acids is 2. The van der Waals surface area contributed by atoms with Crippen LogP contribution in [-0.2, 0) is 14.3 Å². The van der Waals surface area contributed by atoms with E-state index >= 15 is 0 Å². The highest BCUT2D eigenvalue weighted by molar-refractivity contribution is 6.08. The van der Waals surface area contributed by atoms with Gasteiger partial charge in [-0.1, -0.05) is 19.4 Å². The minimum atomic E-state index is -0.962. The van der Waals surface area contributed by atoms with Gasteiger partial charge in [0, 0.05) is 6.42 Å². The first-order valence-electron chi connectivity index (χ1n) is 5.07. The lowest BCUT2D eigenvalue weighted by molar-refractivity contribution is -0.150. The first kappa shape index (κ1) is 9.44. The lowest BCUT2D eigenvalue weighted by Crippen LogP contribution is -2.36. The van der Waals surface area contributed by atoms with E-state index < -0.39 is 5.41 Å². The van der Waals surface area contributed by atoms with E-state index in [-0.39, 0.29) is 18.4 Å². The molecule has 1 saturated heterocycles. The van der Waals surface area contributed by atoms with Crippen LogP contribution < -0.4 is 0 Å². The van der Waals surface area contributed by atoms with Crippen molar-refractivity contribution in [3.05, 3.63) is 12.2 Å². The highest BCUT2D eigenvalue weighted by Gasteiger charge is 2.53. The molecule has 1 saturated carbocycles. The smallest absolute Gasteiger partial charge is 0.324 e. The Kier molecular flexibility index (Phi) is 2.17. The topological polar surface area (TPSA) is 43.4 Å².